The largest absolute Gasteiger partial charge is 0.355 e. The summed E-state index contributed by atoms with van der Waals surface area (Å²) in [6, 6.07) is 5.42. The Morgan fingerprint density at radius 2 is 2.05 bits per heavy atom. The van der Waals surface area contributed by atoms with Crippen LogP contribution in [0.3, 0.4) is 0 Å². The summed E-state index contributed by atoms with van der Waals surface area (Å²) in [5.74, 6) is 1.16. The summed E-state index contributed by atoms with van der Waals surface area (Å²) in [5.41, 5.74) is 1.30. The lowest BCUT2D eigenvalue weighted by atomic mass is 10.4. The van der Waals surface area contributed by atoms with Gasteiger partial charge in [0.1, 0.15) is 17.9 Å². The van der Waals surface area contributed by atoms with Gasteiger partial charge in [0.15, 0.2) is 11.5 Å². The summed E-state index contributed by atoms with van der Waals surface area (Å²) in [7, 11) is 0. The maximum absolute atomic E-state index is 11.5. The number of hydrogen-bond acceptors (Lipinski definition) is 6. The number of amides is 1. The zero-order chi connectivity index (χ0) is 15.4. The first kappa shape index (κ1) is 13.9. The number of likely N-dealkylation sites (N-methyl/N-ethyl adjacent to an activating group) is 1. The molecule has 112 valence electrons. The maximum atomic E-state index is 11.5. The van der Waals surface area contributed by atoms with Crippen LogP contribution in [0, 0.1) is 0 Å². The second-order valence-electron chi connectivity index (χ2n) is 4.57. The molecular weight excluding hydrogens is 282 g/mol. The van der Waals surface area contributed by atoms with Crippen LogP contribution < -0.4 is 10.6 Å². The first-order valence-electron chi connectivity index (χ1n) is 6.89. The molecule has 1 amide bonds. The molecule has 0 aliphatic heterocycles. The summed E-state index contributed by atoms with van der Waals surface area (Å²) in [6.45, 7) is 2.67. The Labute approximate surface area is 126 Å². The van der Waals surface area contributed by atoms with Crippen LogP contribution in [0.1, 0.15) is 6.92 Å². The fourth-order valence-corrected chi connectivity index (χ4v) is 1.97. The third-order valence-corrected chi connectivity index (χ3v) is 2.91. The van der Waals surface area contributed by atoms with Gasteiger partial charge < -0.3 is 10.6 Å². The Hall–Kier alpha value is -3.03. The first-order chi connectivity index (χ1) is 10.7. The van der Waals surface area contributed by atoms with Gasteiger partial charge in [-0.2, -0.15) is 5.10 Å². The van der Waals surface area contributed by atoms with Crippen LogP contribution >= 0.6 is 0 Å². The summed E-state index contributed by atoms with van der Waals surface area (Å²) in [5, 5.41) is 10.1. The highest BCUT2D eigenvalue weighted by Gasteiger charge is 2.05. The molecule has 3 aromatic heterocycles. The summed E-state index contributed by atoms with van der Waals surface area (Å²) in [4.78, 5) is 24.2. The Bertz CT molecular complexity index is 798. The average molecular weight is 297 g/mol. The van der Waals surface area contributed by atoms with Crippen LogP contribution in [0.5, 0.6) is 0 Å². The highest BCUT2D eigenvalue weighted by molar-refractivity contribution is 5.75. The van der Waals surface area contributed by atoms with E-state index in [1.807, 2.05) is 13.0 Å². The molecule has 0 bridgehead atoms. The predicted molar refractivity (Wildman–Crippen MR) is 81.5 cm³/mol. The monoisotopic (exact) mass is 297 g/mol. The third-order valence-electron chi connectivity index (χ3n) is 2.91. The minimum Gasteiger partial charge on any atom is -0.355 e. The highest BCUT2D eigenvalue weighted by atomic mass is 16.2. The van der Waals surface area contributed by atoms with Crippen molar-refractivity contribution in [1.29, 1.82) is 0 Å². The van der Waals surface area contributed by atoms with E-state index in [-0.39, 0.29) is 12.5 Å². The molecule has 0 aromatic carbocycles. The number of nitrogens with one attached hydrogen (secondary N) is 2. The molecule has 8 heteroatoms. The number of pyridine rings is 1. The van der Waals surface area contributed by atoms with Crippen LogP contribution in [0.25, 0.3) is 11.2 Å². The molecule has 8 nitrogen and oxygen atoms in total. The molecular formula is C14H15N7O. The van der Waals surface area contributed by atoms with E-state index >= 15 is 0 Å². The number of aromatic nitrogens is 5. The van der Waals surface area contributed by atoms with Crippen molar-refractivity contribution in [3.8, 4) is 0 Å². The lowest BCUT2D eigenvalue weighted by Crippen LogP contribution is -2.27. The molecule has 0 fully saturated rings. The quantitative estimate of drug-likeness (QED) is 0.732. The maximum Gasteiger partial charge on any atom is 0.241 e. The van der Waals surface area contributed by atoms with E-state index in [4.69, 9.17) is 0 Å². The van der Waals surface area contributed by atoms with E-state index in [1.54, 1.807) is 35.4 Å². The van der Waals surface area contributed by atoms with Crippen LogP contribution in [-0.4, -0.2) is 37.2 Å². The van der Waals surface area contributed by atoms with Crippen molar-refractivity contribution < 1.29 is 4.79 Å². The van der Waals surface area contributed by atoms with Crippen LogP contribution in [-0.2, 0) is 11.3 Å². The van der Waals surface area contributed by atoms with Crippen LogP contribution in [0.15, 0.2) is 36.8 Å². The molecule has 0 aliphatic carbocycles. The number of anilines is 2. The van der Waals surface area contributed by atoms with Crippen molar-refractivity contribution in [3.63, 3.8) is 0 Å². The van der Waals surface area contributed by atoms with Crippen LogP contribution in [0.2, 0.25) is 0 Å². The SMILES string of the molecule is CCNC(=O)Cn1ccc(Nc2ccc3nccnc3n2)n1. The topological polar surface area (TPSA) is 97.6 Å². The molecule has 0 spiro atoms. The summed E-state index contributed by atoms with van der Waals surface area (Å²) >= 11 is 0. The van der Waals surface area contributed by atoms with E-state index in [9.17, 15) is 4.79 Å². The molecule has 22 heavy (non-hydrogen) atoms. The van der Waals surface area contributed by atoms with E-state index in [0.717, 1.165) is 5.52 Å². The molecule has 3 rings (SSSR count). The van der Waals surface area contributed by atoms with Gasteiger partial charge in [0.25, 0.3) is 0 Å². The third kappa shape index (κ3) is 3.17. The van der Waals surface area contributed by atoms with Crippen LogP contribution in [0.4, 0.5) is 11.6 Å². The Kier molecular flexibility index (Phi) is 3.90. The lowest BCUT2D eigenvalue weighted by Gasteiger charge is -2.04. The van der Waals surface area contributed by atoms with Crippen molar-refractivity contribution in [2.24, 2.45) is 0 Å². The Balaban J connectivity index is 1.72. The van der Waals surface area contributed by atoms with E-state index in [2.05, 4.69) is 30.7 Å². The normalized spacial score (nSPS) is 10.6. The van der Waals surface area contributed by atoms with Crippen molar-refractivity contribution in [3.05, 3.63) is 36.8 Å². The summed E-state index contributed by atoms with van der Waals surface area (Å²) < 4.78 is 1.56. The van der Waals surface area contributed by atoms with Gasteiger partial charge in [-0.15, -0.1) is 0 Å². The number of carbonyl (C=O) groups is 1. The molecule has 0 saturated heterocycles. The smallest absolute Gasteiger partial charge is 0.241 e. The van der Waals surface area contributed by atoms with E-state index < -0.39 is 0 Å². The molecule has 3 heterocycles. The van der Waals surface area contributed by atoms with Gasteiger partial charge in [0, 0.05) is 31.2 Å². The van der Waals surface area contributed by atoms with Crippen molar-refractivity contribution in [2.75, 3.05) is 11.9 Å². The second kappa shape index (κ2) is 6.17. The molecule has 0 radical (unpaired) electrons. The zero-order valence-electron chi connectivity index (χ0n) is 12.0. The van der Waals surface area contributed by atoms with Gasteiger partial charge in [0.05, 0.1) is 0 Å². The number of carbonyl (C=O) groups excluding carboxylic acids is 1. The lowest BCUT2D eigenvalue weighted by molar-refractivity contribution is -0.121. The number of nitrogens with zero attached hydrogens (tertiary/aromatic N) is 5. The van der Waals surface area contributed by atoms with Gasteiger partial charge in [-0.1, -0.05) is 0 Å². The standard InChI is InChI=1S/C14H15N7O/c1-2-15-13(22)9-21-8-5-12(20-21)18-11-4-3-10-14(19-11)17-7-6-16-10/h3-8H,2,9H2,1H3,(H,15,22)(H,17,18,19,20). The molecule has 0 unspecified atom stereocenters. The molecule has 0 aliphatic rings. The van der Waals surface area contributed by atoms with Gasteiger partial charge in [0.2, 0.25) is 5.91 Å². The highest BCUT2D eigenvalue weighted by Crippen LogP contribution is 2.14. The minimum absolute atomic E-state index is 0.0729. The predicted octanol–water partition coefficient (Wildman–Crippen LogP) is 1.10. The van der Waals surface area contributed by atoms with Gasteiger partial charge >= 0.3 is 0 Å². The number of fused-ring (bicyclic) bond motifs is 1. The van der Waals surface area contributed by atoms with Crippen molar-refractivity contribution in [1.82, 2.24) is 30.0 Å². The van der Waals surface area contributed by atoms with Gasteiger partial charge in [-0.3, -0.25) is 14.5 Å². The van der Waals surface area contributed by atoms with E-state index in [1.165, 1.54) is 0 Å². The van der Waals surface area contributed by atoms with Gasteiger partial charge in [-0.05, 0) is 19.1 Å². The fourth-order valence-electron chi connectivity index (χ4n) is 1.97. The second-order valence-corrected chi connectivity index (χ2v) is 4.57. The molecule has 0 saturated carbocycles. The molecule has 2 N–H and O–H groups in total. The minimum atomic E-state index is -0.0729. The van der Waals surface area contributed by atoms with Crippen molar-refractivity contribution >= 4 is 28.7 Å². The Morgan fingerprint density at radius 1 is 1.18 bits per heavy atom. The summed E-state index contributed by atoms with van der Waals surface area (Å²) in [6.07, 6.45) is 4.96. The molecule has 3 aromatic rings. The first-order valence-corrected chi connectivity index (χ1v) is 6.89. The average Bonchev–Trinajstić information content (AvgIpc) is 2.94. The Morgan fingerprint density at radius 3 is 2.91 bits per heavy atom. The van der Waals surface area contributed by atoms with Gasteiger partial charge in [-0.25, -0.2) is 9.97 Å². The molecule has 0 atom stereocenters. The zero-order valence-corrected chi connectivity index (χ0v) is 12.0. The number of hydrogen-bond donors (Lipinski definition) is 2. The number of rotatable bonds is 5. The van der Waals surface area contributed by atoms with E-state index in [0.29, 0.717) is 23.8 Å². The fraction of sp³-hybridized carbons (Fsp3) is 0.214. The van der Waals surface area contributed by atoms with Crippen molar-refractivity contribution in [2.45, 2.75) is 13.5 Å².